The molecule has 3 rings (SSSR count). The van der Waals surface area contributed by atoms with E-state index < -0.39 is 29.5 Å². The number of alkyl halides is 3. The molecule has 0 aliphatic carbocycles. The van der Waals surface area contributed by atoms with Crippen molar-refractivity contribution in [3.05, 3.63) is 45.7 Å². The van der Waals surface area contributed by atoms with Gasteiger partial charge in [0.1, 0.15) is 6.54 Å². The van der Waals surface area contributed by atoms with Gasteiger partial charge in [-0.2, -0.15) is 18.3 Å². The molecule has 1 aliphatic heterocycles. The quantitative estimate of drug-likeness (QED) is 0.674. The van der Waals surface area contributed by atoms with Gasteiger partial charge in [0.2, 0.25) is 5.91 Å². The second-order valence-electron chi connectivity index (χ2n) is 7.66. The number of aromatic nitrogens is 2. The van der Waals surface area contributed by atoms with Crippen LogP contribution in [0.5, 0.6) is 0 Å². The Morgan fingerprint density at radius 3 is 2.24 bits per heavy atom. The van der Waals surface area contributed by atoms with Crippen molar-refractivity contribution in [3.63, 3.8) is 0 Å². The highest BCUT2D eigenvalue weighted by Crippen LogP contribution is 2.35. The number of hydrogen-bond donors (Lipinski definition) is 1. The monoisotopic (exact) mass is 506 g/mol. The number of hydrogen-bond acceptors (Lipinski definition) is 4. The van der Waals surface area contributed by atoms with Gasteiger partial charge in [-0.15, -0.1) is 0 Å². The Morgan fingerprint density at radius 1 is 1.09 bits per heavy atom. The fourth-order valence-corrected chi connectivity index (χ4v) is 3.80. The zero-order chi connectivity index (χ0) is 24.3. The number of amides is 3. The molecule has 1 aromatic heterocycles. The molecule has 33 heavy (non-hydrogen) atoms. The Hall–Kier alpha value is -2.66. The first kappa shape index (κ1) is 25.0. The molecule has 0 saturated carbocycles. The lowest BCUT2D eigenvalue weighted by Crippen LogP contribution is -2.49. The standard InChI is InChI=1S/C20H23Cl2F3N6O2/c1-28(2)19(33)26-11-15-17(22)18(20(23,24)25)27-31(15)12-16(32)30-9-7-29(8-10-30)14-5-3-13(21)4-6-14/h3-6H,7-12H2,1-2H3,(H,26,33). The van der Waals surface area contributed by atoms with Crippen LogP contribution in [0.1, 0.15) is 11.4 Å². The number of halogens is 5. The lowest BCUT2D eigenvalue weighted by atomic mass is 10.2. The van der Waals surface area contributed by atoms with E-state index in [0.717, 1.165) is 10.4 Å². The van der Waals surface area contributed by atoms with Crippen LogP contribution in [0, 0.1) is 0 Å². The highest BCUT2D eigenvalue weighted by Gasteiger charge is 2.39. The molecule has 1 aliphatic rings. The highest BCUT2D eigenvalue weighted by atomic mass is 35.5. The minimum absolute atomic E-state index is 0.0904. The van der Waals surface area contributed by atoms with Crippen LogP contribution in [0.25, 0.3) is 0 Å². The molecule has 0 atom stereocenters. The molecule has 0 bridgehead atoms. The van der Waals surface area contributed by atoms with E-state index in [-0.39, 0.29) is 18.1 Å². The molecule has 3 amide bonds. The van der Waals surface area contributed by atoms with Crippen molar-refractivity contribution in [2.24, 2.45) is 0 Å². The van der Waals surface area contributed by atoms with Crippen LogP contribution in [-0.4, -0.2) is 71.8 Å². The number of urea groups is 1. The first-order valence-electron chi connectivity index (χ1n) is 10.0. The van der Waals surface area contributed by atoms with Gasteiger partial charge in [-0.05, 0) is 24.3 Å². The molecule has 1 aromatic carbocycles. The number of benzene rings is 1. The average molecular weight is 507 g/mol. The van der Waals surface area contributed by atoms with Crippen LogP contribution in [0.15, 0.2) is 24.3 Å². The van der Waals surface area contributed by atoms with Crippen LogP contribution in [0.3, 0.4) is 0 Å². The van der Waals surface area contributed by atoms with Gasteiger partial charge >= 0.3 is 12.2 Å². The third-order valence-electron chi connectivity index (χ3n) is 5.18. The van der Waals surface area contributed by atoms with Crippen molar-refractivity contribution in [3.8, 4) is 0 Å². The van der Waals surface area contributed by atoms with Crippen molar-refractivity contribution in [1.82, 2.24) is 24.9 Å². The average Bonchev–Trinajstić information content (AvgIpc) is 3.08. The van der Waals surface area contributed by atoms with E-state index in [1.54, 1.807) is 17.0 Å². The van der Waals surface area contributed by atoms with Crippen molar-refractivity contribution >= 4 is 40.8 Å². The first-order valence-corrected chi connectivity index (χ1v) is 10.8. The van der Waals surface area contributed by atoms with E-state index in [1.807, 2.05) is 12.1 Å². The summed E-state index contributed by atoms with van der Waals surface area (Å²) in [6.07, 6.45) is -4.80. The van der Waals surface area contributed by atoms with Gasteiger partial charge in [-0.25, -0.2) is 4.79 Å². The second kappa shape index (κ2) is 10.1. The summed E-state index contributed by atoms with van der Waals surface area (Å²) in [5.41, 5.74) is -0.412. The zero-order valence-electron chi connectivity index (χ0n) is 18.0. The molecule has 1 N–H and O–H groups in total. The molecule has 8 nitrogen and oxygen atoms in total. The van der Waals surface area contributed by atoms with Crippen LogP contribution in [-0.2, 0) is 24.1 Å². The minimum Gasteiger partial charge on any atom is -0.368 e. The van der Waals surface area contributed by atoms with E-state index in [2.05, 4.69) is 15.3 Å². The van der Waals surface area contributed by atoms with Crippen molar-refractivity contribution < 1.29 is 22.8 Å². The number of carbonyl (C=O) groups excluding carboxylic acids is 2. The summed E-state index contributed by atoms with van der Waals surface area (Å²) in [7, 11) is 2.98. The largest absolute Gasteiger partial charge is 0.436 e. The van der Waals surface area contributed by atoms with Crippen molar-refractivity contribution in [2.75, 3.05) is 45.2 Å². The van der Waals surface area contributed by atoms with E-state index in [4.69, 9.17) is 23.2 Å². The molecular formula is C20H23Cl2F3N6O2. The summed E-state index contributed by atoms with van der Waals surface area (Å²) < 4.78 is 40.9. The Labute approximate surface area is 198 Å². The van der Waals surface area contributed by atoms with E-state index in [0.29, 0.717) is 31.2 Å². The third kappa shape index (κ3) is 6.02. The summed E-state index contributed by atoms with van der Waals surface area (Å²) in [6.45, 7) is 1.19. The Morgan fingerprint density at radius 2 is 1.70 bits per heavy atom. The second-order valence-corrected chi connectivity index (χ2v) is 8.48. The maximum absolute atomic E-state index is 13.3. The molecule has 2 heterocycles. The van der Waals surface area contributed by atoms with Gasteiger partial charge in [0.05, 0.1) is 17.3 Å². The van der Waals surface area contributed by atoms with E-state index in [1.165, 1.54) is 19.0 Å². The van der Waals surface area contributed by atoms with Gasteiger partial charge in [-0.3, -0.25) is 9.48 Å². The maximum atomic E-state index is 13.3. The molecule has 1 saturated heterocycles. The Kier molecular flexibility index (Phi) is 7.63. The Balaban J connectivity index is 1.70. The number of piperazine rings is 1. The molecule has 0 spiro atoms. The number of nitrogens with zero attached hydrogens (tertiary/aromatic N) is 5. The third-order valence-corrected chi connectivity index (χ3v) is 5.83. The van der Waals surface area contributed by atoms with Crippen LogP contribution in [0.2, 0.25) is 10.0 Å². The highest BCUT2D eigenvalue weighted by molar-refractivity contribution is 6.32. The van der Waals surface area contributed by atoms with Gasteiger partial charge in [0, 0.05) is 51.0 Å². The number of rotatable bonds is 5. The summed E-state index contributed by atoms with van der Waals surface area (Å²) >= 11 is 11.9. The molecule has 180 valence electrons. The van der Waals surface area contributed by atoms with Crippen molar-refractivity contribution in [2.45, 2.75) is 19.3 Å². The van der Waals surface area contributed by atoms with Crippen LogP contribution < -0.4 is 10.2 Å². The van der Waals surface area contributed by atoms with Crippen LogP contribution in [0.4, 0.5) is 23.7 Å². The van der Waals surface area contributed by atoms with Crippen molar-refractivity contribution in [1.29, 1.82) is 0 Å². The fourth-order valence-electron chi connectivity index (χ4n) is 3.37. The lowest BCUT2D eigenvalue weighted by molar-refractivity contribution is -0.142. The smallest absolute Gasteiger partial charge is 0.368 e. The zero-order valence-corrected chi connectivity index (χ0v) is 19.5. The molecule has 1 fully saturated rings. The first-order chi connectivity index (χ1) is 15.5. The fraction of sp³-hybridized carbons (Fsp3) is 0.450. The van der Waals surface area contributed by atoms with Gasteiger partial charge in [-0.1, -0.05) is 23.2 Å². The Bertz CT molecular complexity index is 1000. The number of nitrogens with one attached hydrogen (secondary N) is 1. The minimum atomic E-state index is -4.80. The van der Waals surface area contributed by atoms with Gasteiger partial charge in [0.25, 0.3) is 0 Å². The number of carbonyl (C=O) groups is 2. The van der Waals surface area contributed by atoms with E-state index >= 15 is 0 Å². The maximum Gasteiger partial charge on any atom is 0.436 e. The summed E-state index contributed by atoms with van der Waals surface area (Å²) in [4.78, 5) is 29.5. The van der Waals surface area contributed by atoms with Gasteiger partial charge < -0.3 is 20.0 Å². The number of anilines is 1. The normalized spacial score (nSPS) is 14.4. The van der Waals surface area contributed by atoms with E-state index in [9.17, 15) is 22.8 Å². The molecule has 0 radical (unpaired) electrons. The summed E-state index contributed by atoms with van der Waals surface area (Å²) in [5.74, 6) is -0.390. The predicted octanol–water partition coefficient (Wildman–Crippen LogP) is 3.33. The predicted molar refractivity (Wildman–Crippen MR) is 118 cm³/mol. The summed E-state index contributed by atoms with van der Waals surface area (Å²) in [6, 6.07) is 6.82. The topological polar surface area (TPSA) is 73.7 Å². The van der Waals surface area contributed by atoms with Gasteiger partial charge in [0.15, 0.2) is 5.69 Å². The van der Waals surface area contributed by atoms with Crippen LogP contribution >= 0.6 is 23.2 Å². The SMILES string of the molecule is CN(C)C(=O)NCc1c(Cl)c(C(F)(F)F)nn1CC(=O)N1CCN(c2ccc(Cl)cc2)CC1. The lowest BCUT2D eigenvalue weighted by Gasteiger charge is -2.36. The molecule has 0 unspecified atom stereocenters. The molecular weight excluding hydrogens is 484 g/mol. The molecule has 13 heteroatoms. The molecule has 2 aromatic rings. The summed E-state index contributed by atoms with van der Waals surface area (Å²) in [5, 5.41) is 5.98.